The van der Waals surface area contributed by atoms with Crippen molar-refractivity contribution < 1.29 is 4.79 Å². The van der Waals surface area contributed by atoms with Crippen LogP contribution >= 0.6 is 0 Å². The number of fused-ring (bicyclic) bond motifs is 1. The maximum Gasteiger partial charge on any atom is 0.147 e. The topological polar surface area (TPSA) is 57.0 Å². The second-order valence-corrected chi connectivity index (χ2v) is 7.54. The summed E-state index contributed by atoms with van der Waals surface area (Å²) >= 11 is 0. The first-order valence-corrected chi connectivity index (χ1v) is 10.4. The van der Waals surface area contributed by atoms with Gasteiger partial charge in [-0.15, -0.1) is 0 Å². The lowest BCUT2D eigenvalue weighted by atomic mass is 9.89. The van der Waals surface area contributed by atoms with Crippen LogP contribution in [0.4, 0.5) is 5.69 Å². The van der Waals surface area contributed by atoms with Gasteiger partial charge in [0.25, 0.3) is 0 Å². The Bertz CT molecular complexity index is 1410. The average molecular weight is 413 g/mol. The van der Waals surface area contributed by atoms with Gasteiger partial charge in [-0.25, -0.2) is 0 Å². The van der Waals surface area contributed by atoms with Crippen LogP contribution in [0.25, 0.3) is 21.9 Å². The number of hydrogen-bond donors (Lipinski definition) is 0. The van der Waals surface area contributed by atoms with Gasteiger partial charge in [-0.2, -0.15) is 5.26 Å². The highest BCUT2D eigenvalue weighted by molar-refractivity contribution is 6.03. The van der Waals surface area contributed by atoms with Crippen LogP contribution in [0.1, 0.15) is 16.8 Å². The number of aldehydes is 1. The van der Waals surface area contributed by atoms with Gasteiger partial charge in [0, 0.05) is 29.0 Å². The molecular formula is C28H19N3O. The number of carbonyl (C=O) groups is 1. The maximum absolute atomic E-state index is 12.5. The van der Waals surface area contributed by atoms with Crippen molar-refractivity contribution in [3.63, 3.8) is 0 Å². The summed E-state index contributed by atoms with van der Waals surface area (Å²) in [6, 6.07) is 29.0. The number of allylic oxidation sites excluding steroid dienone is 2. The summed E-state index contributed by atoms with van der Waals surface area (Å²) in [5.41, 5.74) is 4.65. The number of benzene rings is 3. The molecule has 4 aromatic rings. The van der Waals surface area contributed by atoms with Crippen molar-refractivity contribution in [2.24, 2.45) is 0 Å². The fraction of sp³-hybridized carbons (Fsp3) is 0.0357. The van der Waals surface area contributed by atoms with Crippen LogP contribution in [0.3, 0.4) is 0 Å². The van der Waals surface area contributed by atoms with E-state index < -0.39 is 6.04 Å². The van der Waals surface area contributed by atoms with Crippen LogP contribution in [-0.2, 0) is 4.79 Å². The zero-order chi connectivity index (χ0) is 21.9. The molecule has 1 aromatic heterocycles. The van der Waals surface area contributed by atoms with Gasteiger partial charge < -0.3 is 9.69 Å². The number of nitrogens with zero attached hydrogens (tertiary/aromatic N) is 3. The molecule has 2 heterocycles. The number of anilines is 1. The molecule has 1 atom stereocenters. The van der Waals surface area contributed by atoms with Crippen molar-refractivity contribution in [2.45, 2.75) is 6.04 Å². The largest absolute Gasteiger partial charge is 0.332 e. The van der Waals surface area contributed by atoms with Gasteiger partial charge in [0.15, 0.2) is 0 Å². The molecule has 3 aromatic carbocycles. The number of aromatic nitrogens is 1. The van der Waals surface area contributed by atoms with E-state index in [2.05, 4.69) is 29.3 Å². The van der Waals surface area contributed by atoms with Crippen molar-refractivity contribution >= 4 is 33.9 Å². The summed E-state index contributed by atoms with van der Waals surface area (Å²) in [6.07, 6.45) is 6.63. The standard InChI is InChI=1S/C28H19N3O/c29-17-21-9-2-3-11-23(21)25-16-22(26-13-5-6-15-30-26)18-31(28(25)19-32)27-14-7-10-20-8-1-4-12-24(20)27/h1-16,18-19,28H. The van der Waals surface area contributed by atoms with Gasteiger partial charge in [0.2, 0.25) is 0 Å². The molecule has 0 spiro atoms. The summed E-state index contributed by atoms with van der Waals surface area (Å²) in [5, 5.41) is 11.9. The van der Waals surface area contributed by atoms with E-state index in [1.165, 1.54) is 0 Å². The minimum atomic E-state index is -0.581. The first-order valence-electron chi connectivity index (χ1n) is 10.4. The highest BCUT2D eigenvalue weighted by Gasteiger charge is 2.29. The second-order valence-electron chi connectivity index (χ2n) is 7.54. The Morgan fingerprint density at radius 1 is 0.906 bits per heavy atom. The van der Waals surface area contributed by atoms with E-state index >= 15 is 0 Å². The SMILES string of the molecule is N#Cc1ccccc1C1=CC(c2ccccn2)=CN(c2cccc3ccccc23)C1C=O. The summed E-state index contributed by atoms with van der Waals surface area (Å²) in [6.45, 7) is 0. The van der Waals surface area contributed by atoms with Gasteiger partial charge in [0.1, 0.15) is 12.3 Å². The van der Waals surface area contributed by atoms with Crippen molar-refractivity contribution in [3.8, 4) is 6.07 Å². The normalized spacial score (nSPS) is 15.6. The first-order chi connectivity index (χ1) is 15.8. The van der Waals surface area contributed by atoms with Gasteiger partial charge >= 0.3 is 0 Å². The number of pyridine rings is 1. The number of rotatable bonds is 4. The lowest BCUT2D eigenvalue weighted by Gasteiger charge is -2.34. The Morgan fingerprint density at radius 3 is 2.50 bits per heavy atom. The maximum atomic E-state index is 12.5. The quantitative estimate of drug-likeness (QED) is 0.408. The molecule has 0 fully saturated rings. The Kier molecular flexibility index (Phi) is 5.07. The summed E-state index contributed by atoms with van der Waals surface area (Å²) in [4.78, 5) is 19.0. The predicted octanol–water partition coefficient (Wildman–Crippen LogP) is 5.62. The molecule has 0 radical (unpaired) electrons. The van der Waals surface area contributed by atoms with Gasteiger partial charge in [-0.05, 0) is 46.9 Å². The van der Waals surface area contributed by atoms with Gasteiger partial charge in [-0.3, -0.25) is 4.98 Å². The van der Waals surface area contributed by atoms with Crippen LogP contribution in [-0.4, -0.2) is 17.3 Å². The molecule has 0 amide bonds. The van der Waals surface area contributed by atoms with Crippen LogP contribution in [0.15, 0.2) is 103 Å². The molecule has 4 heteroatoms. The Hall–Kier alpha value is -4.49. The fourth-order valence-electron chi connectivity index (χ4n) is 4.20. The second kappa shape index (κ2) is 8.33. The van der Waals surface area contributed by atoms with Crippen LogP contribution in [0.2, 0.25) is 0 Å². The third kappa shape index (κ3) is 3.36. The van der Waals surface area contributed by atoms with Crippen LogP contribution in [0, 0.1) is 11.3 Å². The van der Waals surface area contributed by atoms with E-state index in [-0.39, 0.29) is 0 Å². The molecule has 0 saturated heterocycles. The number of hydrogen-bond acceptors (Lipinski definition) is 4. The van der Waals surface area contributed by atoms with Crippen molar-refractivity contribution in [1.82, 2.24) is 4.98 Å². The number of carbonyl (C=O) groups excluding carboxylic acids is 1. The highest BCUT2D eigenvalue weighted by Crippen LogP contribution is 2.38. The predicted molar refractivity (Wildman–Crippen MR) is 128 cm³/mol. The van der Waals surface area contributed by atoms with E-state index in [1.807, 2.05) is 77.8 Å². The molecule has 0 bridgehead atoms. The first kappa shape index (κ1) is 19.5. The summed E-state index contributed by atoms with van der Waals surface area (Å²) < 4.78 is 0. The third-order valence-corrected chi connectivity index (χ3v) is 5.70. The molecular weight excluding hydrogens is 394 g/mol. The van der Waals surface area contributed by atoms with E-state index in [1.54, 1.807) is 12.3 Å². The molecule has 5 rings (SSSR count). The van der Waals surface area contributed by atoms with E-state index in [0.717, 1.165) is 45.1 Å². The molecule has 1 unspecified atom stereocenters. The molecule has 0 N–H and O–H groups in total. The van der Waals surface area contributed by atoms with Crippen LogP contribution in [0.5, 0.6) is 0 Å². The molecule has 0 saturated carbocycles. The number of nitriles is 1. The van der Waals surface area contributed by atoms with E-state index in [4.69, 9.17) is 0 Å². The minimum absolute atomic E-state index is 0.533. The molecule has 4 nitrogen and oxygen atoms in total. The molecule has 1 aliphatic heterocycles. The van der Waals surface area contributed by atoms with Gasteiger partial charge in [0.05, 0.1) is 17.3 Å². The fourth-order valence-corrected chi connectivity index (χ4v) is 4.20. The lowest BCUT2D eigenvalue weighted by Crippen LogP contribution is -2.36. The van der Waals surface area contributed by atoms with Gasteiger partial charge in [-0.1, -0.05) is 60.7 Å². The molecule has 32 heavy (non-hydrogen) atoms. The van der Waals surface area contributed by atoms with Crippen molar-refractivity contribution in [3.05, 3.63) is 120 Å². The van der Waals surface area contributed by atoms with E-state index in [9.17, 15) is 10.1 Å². The zero-order valence-corrected chi connectivity index (χ0v) is 17.2. The molecule has 1 aliphatic rings. The van der Waals surface area contributed by atoms with Crippen molar-refractivity contribution in [1.29, 1.82) is 5.26 Å². The molecule has 152 valence electrons. The zero-order valence-electron chi connectivity index (χ0n) is 17.2. The third-order valence-electron chi connectivity index (χ3n) is 5.70. The Morgan fingerprint density at radius 2 is 1.69 bits per heavy atom. The average Bonchev–Trinajstić information content (AvgIpc) is 2.88. The summed E-state index contributed by atoms with van der Waals surface area (Å²) in [5.74, 6) is 0. The smallest absolute Gasteiger partial charge is 0.147 e. The monoisotopic (exact) mass is 413 g/mol. The minimum Gasteiger partial charge on any atom is -0.332 e. The molecule has 0 aliphatic carbocycles. The van der Waals surface area contributed by atoms with Crippen LogP contribution < -0.4 is 4.90 Å². The highest BCUT2D eigenvalue weighted by atomic mass is 16.1. The Labute approximate surface area is 186 Å². The summed E-state index contributed by atoms with van der Waals surface area (Å²) in [7, 11) is 0. The lowest BCUT2D eigenvalue weighted by molar-refractivity contribution is -0.107. The van der Waals surface area contributed by atoms with E-state index in [0.29, 0.717) is 5.56 Å². The van der Waals surface area contributed by atoms with Crippen molar-refractivity contribution in [2.75, 3.05) is 4.90 Å². The Balaban J connectivity index is 1.77.